The van der Waals surface area contributed by atoms with Crippen molar-refractivity contribution in [2.24, 2.45) is 5.92 Å². The van der Waals surface area contributed by atoms with Crippen molar-refractivity contribution in [1.82, 2.24) is 9.80 Å². The molecular formula is C20H26N2O4S. The van der Waals surface area contributed by atoms with Gasteiger partial charge in [-0.15, -0.1) is 11.8 Å². The summed E-state index contributed by atoms with van der Waals surface area (Å²) < 4.78 is 4.81. The van der Waals surface area contributed by atoms with E-state index in [4.69, 9.17) is 4.74 Å². The number of hydrogen-bond acceptors (Lipinski definition) is 5. The van der Waals surface area contributed by atoms with E-state index in [-0.39, 0.29) is 29.9 Å². The quantitative estimate of drug-likeness (QED) is 0.438. The number of ether oxygens (including phenoxy) is 1. The van der Waals surface area contributed by atoms with Gasteiger partial charge in [0.1, 0.15) is 6.04 Å². The number of fused-ring (bicyclic) bond motifs is 1. The van der Waals surface area contributed by atoms with Crippen molar-refractivity contribution in [2.45, 2.75) is 55.8 Å². The van der Waals surface area contributed by atoms with E-state index >= 15 is 0 Å². The molecule has 0 radical (unpaired) electrons. The lowest BCUT2D eigenvalue weighted by Crippen LogP contribution is -2.44. The van der Waals surface area contributed by atoms with Crippen LogP contribution in [0.2, 0.25) is 0 Å². The molecule has 2 fully saturated rings. The minimum atomic E-state index is -0.562. The molecule has 0 bridgehead atoms. The smallest absolute Gasteiger partial charge is 0.328 e. The fourth-order valence-corrected chi connectivity index (χ4v) is 4.64. The van der Waals surface area contributed by atoms with Crippen LogP contribution in [0.3, 0.4) is 0 Å². The van der Waals surface area contributed by atoms with Gasteiger partial charge in [0.2, 0.25) is 0 Å². The lowest BCUT2D eigenvalue weighted by atomic mass is 9.91. The Bertz CT molecular complexity index is 734. The van der Waals surface area contributed by atoms with Crippen LogP contribution in [0.5, 0.6) is 0 Å². The molecule has 146 valence electrons. The molecule has 3 atom stereocenters. The fourth-order valence-electron chi connectivity index (χ4n) is 3.81. The maximum absolute atomic E-state index is 12.9. The van der Waals surface area contributed by atoms with Crippen molar-refractivity contribution >= 4 is 29.7 Å². The molecule has 1 aromatic rings. The summed E-state index contributed by atoms with van der Waals surface area (Å²) in [5, 5.41) is 0.494. The lowest BCUT2D eigenvalue weighted by Gasteiger charge is -2.30. The Labute approximate surface area is 164 Å². The summed E-state index contributed by atoms with van der Waals surface area (Å²) in [4.78, 5) is 41.7. The summed E-state index contributed by atoms with van der Waals surface area (Å²) in [6.45, 7) is 6.56. The van der Waals surface area contributed by atoms with Crippen LogP contribution in [0.4, 0.5) is 4.79 Å². The minimum Gasteiger partial charge on any atom is -0.469 e. The summed E-state index contributed by atoms with van der Waals surface area (Å²) in [6, 6.07) is 6.85. The first-order valence-electron chi connectivity index (χ1n) is 9.31. The van der Waals surface area contributed by atoms with Gasteiger partial charge in [-0.3, -0.25) is 14.5 Å². The van der Waals surface area contributed by atoms with Crippen LogP contribution in [-0.4, -0.2) is 52.7 Å². The van der Waals surface area contributed by atoms with E-state index in [1.165, 1.54) is 16.9 Å². The summed E-state index contributed by atoms with van der Waals surface area (Å²) >= 11 is 1.77. The van der Waals surface area contributed by atoms with Crippen molar-refractivity contribution in [2.75, 3.05) is 13.7 Å². The highest BCUT2D eigenvalue weighted by Crippen LogP contribution is 2.35. The van der Waals surface area contributed by atoms with Crippen molar-refractivity contribution in [3.05, 3.63) is 29.8 Å². The molecular weight excluding hydrogens is 364 g/mol. The highest BCUT2D eigenvalue weighted by molar-refractivity contribution is 7.99. The molecule has 0 aliphatic carbocycles. The van der Waals surface area contributed by atoms with Gasteiger partial charge in [0.15, 0.2) is 0 Å². The summed E-state index contributed by atoms with van der Waals surface area (Å²) in [7, 11) is 1.35. The highest BCUT2D eigenvalue weighted by atomic mass is 32.2. The molecule has 6 nitrogen and oxygen atoms in total. The van der Waals surface area contributed by atoms with Gasteiger partial charge in [-0.25, -0.2) is 4.79 Å². The SMILES string of the molecule is COC(=O)C1CCN2C(=O)N(C(C)c3ccc(SC(C)C)cc3)C(=O)C2C1. The zero-order chi connectivity index (χ0) is 19.7. The van der Waals surface area contributed by atoms with Gasteiger partial charge < -0.3 is 9.64 Å². The number of nitrogens with zero attached hydrogens (tertiary/aromatic N) is 2. The average molecular weight is 391 g/mol. The van der Waals surface area contributed by atoms with E-state index in [0.717, 1.165) is 5.56 Å². The molecule has 3 rings (SSSR count). The Morgan fingerprint density at radius 1 is 1.19 bits per heavy atom. The number of urea groups is 1. The molecule has 0 aromatic heterocycles. The van der Waals surface area contributed by atoms with E-state index in [9.17, 15) is 14.4 Å². The first-order chi connectivity index (χ1) is 12.8. The number of imide groups is 1. The van der Waals surface area contributed by atoms with Crippen molar-refractivity contribution in [3.63, 3.8) is 0 Å². The number of carbonyl (C=O) groups is 3. The lowest BCUT2D eigenvalue weighted by molar-refractivity contribution is -0.147. The molecule has 0 spiro atoms. The summed E-state index contributed by atoms with van der Waals surface area (Å²) in [5.74, 6) is -0.850. The second-order valence-corrected chi connectivity index (χ2v) is 9.01. The first-order valence-corrected chi connectivity index (χ1v) is 10.2. The molecule has 27 heavy (non-hydrogen) atoms. The molecule has 2 aliphatic rings. The number of benzene rings is 1. The predicted octanol–water partition coefficient (Wildman–Crippen LogP) is 3.46. The average Bonchev–Trinajstić information content (AvgIpc) is 2.91. The van der Waals surface area contributed by atoms with E-state index in [1.54, 1.807) is 16.7 Å². The molecule has 1 aromatic carbocycles. The zero-order valence-corrected chi connectivity index (χ0v) is 17.0. The molecule has 2 heterocycles. The fraction of sp³-hybridized carbons (Fsp3) is 0.550. The van der Waals surface area contributed by atoms with Gasteiger partial charge in [0, 0.05) is 16.7 Å². The number of methoxy groups -OCH3 is 1. The Kier molecular flexibility index (Phi) is 5.79. The van der Waals surface area contributed by atoms with Gasteiger partial charge in [-0.1, -0.05) is 26.0 Å². The van der Waals surface area contributed by atoms with E-state index < -0.39 is 6.04 Å². The van der Waals surface area contributed by atoms with Gasteiger partial charge in [-0.05, 0) is 37.5 Å². The number of hydrogen-bond donors (Lipinski definition) is 0. The van der Waals surface area contributed by atoms with Gasteiger partial charge in [0.25, 0.3) is 5.91 Å². The molecule has 2 aliphatic heterocycles. The van der Waals surface area contributed by atoms with Gasteiger partial charge in [0.05, 0.1) is 19.1 Å². The molecule has 3 unspecified atom stereocenters. The predicted molar refractivity (Wildman–Crippen MR) is 103 cm³/mol. The molecule has 0 saturated carbocycles. The van der Waals surface area contributed by atoms with Crippen LogP contribution in [-0.2, 0) is 14.3 Å². The number of esters is 1. The largest absolute Gasteiger partial charge is 0.469 e. The van der Waals surface area contributed by atoms with Crippen LogP contribution >= 0.6 is 11.8 Å². The second-order valence-electron chi connectivity index (χ2n) is 7.36. The Morgan fingerprint density at radius 3 is 2.44 bits per heavy atom. The van der Waals surface area contributed by atoms with Crippen LogP contribution in [0.15, 0.2) is 29.2 Å². The van der Waals surface area contributed by atoms with Gasteiger partial charge in [-0.2, -0.15) is 0 Å². The maximum atomic E-state index is 12.9. The normalized spacial score (nSPS) is 23.6. The Hall–Kier alpha value is -2.02. The van der Waals surface area contributed by atoms with E-state index in [0.29, 0.717) is 24.6 Å². The number of piperidine rings is 1. The minimum absolute atomic E-state index is 0.221. The third kappa shape index (κ3) is 3.83. The third-order valence-electron chi connectivity index (χ3n) is 5.23. The highest BCUT2D eigenvalue weighted by Gasteiger charge is 2.50. The Morgan fingerprint density at radius 2 is 1.85 bits per heavy atom. The number of carbonyl (C=O) groups excluding carboxylic acids is 3. The summed E-state index contributed by atoms with van der Waals surface area (Å²) in [5.41, 5.74) is 0.925. The first kappa shape index (κ1) is 19.7. The van der Waals surface area contributed by atoms with Crippen LogP contribution in [0, 0.1) is 5.92 Å². The van der Waals surface area contributed by atoms with Crippen molar-refractivity contribution in [3.8, 4) is 0 Å². The van der Waals surface area contributed by atoms with Crippen LogP contribution in [0.1, 0.15) is 45.2 Å². The van der Waals surface area contributed by atoms with Crippen molar-refractivity contribution in [1.29, 1.82) is 0 Å². The molecule has 7 heteroatoms. The summed E-state index contributed by atoms with van der Waals surface area (Å²) in [6.07, 6.45) is 0.871. The van der Waals surface area contributed by atoms with Crippen LogP contribution < -0.4 is 0 Å². The molecule has 2 saturated heterocycles. The van der Waals surface area contributed by atoms with E-state index in [2.05, 4.69) is 13.8 Å². The number of amides is 3. The maximum Gasteiger partial charge on any atom is 0.328 e. The monoisotopic (exact) mass is 390 g/mol. The second kappa shape index (κ2) is 7.92. The van der Waals surface area contributed by atoms with Gasteiger partial charge >= 0.3 is 12.0 Å². The number of rotatable bonds is 5. The van der Waals surface area contributed by atoms with E-state index in [1.807, 2.05) is 31.2 Å². The molecule has 0 N–H and O–H groups in total. The Balaban J connectivity index is 1.76. The third-order valence-corrected chi connectivity index (χ3v) is 6.25. The van der Waals surface area contributed by atoms with Crippen LogP contribution in [0.25, 0.3) is 0 Å². The zero-order valence-electron chi connectivity index (χ0n) is 16.2. The topological polar surface area (TPSA) is 66.9 Å². The molecule has 3 amide bonds. The number of thioether (sulfide) groups is 1. The van der Waals surface area contributed by atoms with Crippen molar-refractivity contribution < 1.29 is 19.1 Å². The standard InChI is InChI=1S/C20H26N2O4S/c1-12(2)27-16-7-5-14(6-8-16)13(3)22-18(23)17-11-15(19(24)26-4)9-10-21(17)20(22)25/h5-8,12-13,15,17H,9-11H2,1-4H3.